The van der Waals surface area contributed by atoms with Crippen molar-refractivity contribution in [3.8, 4) is 0 Å². The van der Waals surface area contributed by atoms with Crippen LogP contribution >= 0.6 is 12.6 Å². The monoisotopic (exact) mass is 374 g/mol. The minimum atomic E-state index is -0.703. The molecule has 1 atom stereocenters. The van der Waals surface area contributed by atoms with Gasteiger partial charge in [-0.15, -0.1) is 0 Å². The summed E-state index contributed by atoms with van der Waals surface area (Å²) in [4.78, 5) is 23.9. The Morgan fingerprint density at radius 1 is 1.12 bits per heavy atom. The zero-order valence-electron chi connectivity index (χ0n) is 14.4. The minimum absolute atomic E-state index is 0.0950. The molecule has 26 heavy (non-hydrogen) atoms. The predicted octanol–water partition coefficient (Wildman–Crippen LogP) is 3.43. The van der Waals surface area contributed by atoms with Gasteiger partial charge in [0.15, 0.2) is 6.10 Å². The molecular formula is C20H22O5S. The number of carbonyl (C=O) groups excluding carboxylic acids is 2. The standard InChI is InChI=1S/C20H22O5S/c1-2-19(21)24-14-16(13-23-11-6-12-26)25-20(22)18-10-5-8-15-7-3-4-9-17(15)18/h2-5,7-10,16,26H,1,6,11-14H2. The van der Waals surface area contributed by atoms with E-state index < -0.39 is 18.0 Å². The number of fused-ring (bicyclic) bond motifs is 1. The Bertz CT molecular complexity index is 753. The second-order valence-electron chi connectivity index (χ2n) is 5.54. The van der Waals surface area contributed by atoms with Gasteiger partial charge >= 0.3 is 11.9 Å². The summed E-state index contributed by atoms with van der Waals surface area (Å²) in [6.07, 6.45) is 1.13. The van der Waals surface area contributed by atoms with Crippen LogP contribution in [0.1, 0.15) is 16.8 Å². The number of hydrogen-bond acceptors (Lipinski definition) is 6. The summed E-state index contributed by atoms with van der Waals surface area (Å²) in [5, 5.41) is 1.75. The number of rotatable bonds is 10. The molecule has 2 rings (SSSR count). The lowest BCUT2D eigenvalue weighted by atomic mass is 10.0. The summed E-state index contributed by atoms with van der Waals surface area (Å²) in [5.74, 6) is -0.364. The van der Waals surface area contributed by atoms with Crippen LogP contribution in [-0.2, 0) is 19.0 Å². The molecule has 0 spiro atoms. The van der Waals surface area contributed by atoms with Gasteiger partial charge in [-0.05, 0) is 29.0 Å². The lowest BCUT2D eigenvalue weighted by Crippen LogP contribution is -2.30. The molecule has 0 heterocycles. The molecule has 5 nitrogen and oxygen atoms in total. The average molecular weight is 374 g/mol. The van der Waals surface area contributed by atoms with E-state index in [9.17, 15) is 9.59 Å². The van der Waals surface area contributed by atoms with Crippen molar-refractivity contribution in [1.29, 1.82) is 0 Å². The largest absolute Gasteiger partial charge is 0.458 e. The number of thiol groups is 1. The topological polar surface area (TPSA) is 61.8 Å². The SMILES string of the molecule is C=CC(=O)OCC(COCCCS)OC(=O)c1cccc2ccccc12. The van der Waals surface area contributed by atoms with Gasteiger partial charge in [-0.25, -0.2) is 9.59 Å². The summed E-state index contributed by atoms with van der Waals surface area (Å²) in [6.45, 7) is 3.87. The van der Waals surface area contributed by atoms with Gasteiger partial charge in [-0.2, -0.15) is 12.6 Å². The lowest BCUT2D eigenvalue weighted by Gasteiger charge is -2.18. The maximum Gasteiger partial charge on any atom is 0.339 e. The van der Waals surface area contributed by atoms with Crippen molar-refractivity contribution in [3.05, 3.63) is 60.7 Å². The molecule has 0 aliphatic rings. The molecule has 0 aliphatic carbocycles. The fraction of sp³-hybridized carbons (Fsp3) is 0.300. The average Bonchev–Trinajstić information content (AvgIpc) is 2.68. The number of carbonyl (C=O) groups is 2. The van der Waals surface area contributed by atoms with Gasteiger partial charge in [0.05, 0.1) is 12.2 Å². The van der Waals surface area contributed by atoms with E-state index in [0.717, 1.165) is 23.3 Å². The van der Waals surface area contributed by atoms with Gasteiger partial charge in [-0.3, -0.25) is 0 Å². The molecule has 0 saturated carbocycles. The molecule has 0 amide bonds. The highest BCUT2D eigenvalue weighted by Gasteiger charge is 2.19. The molecule has 0 saturated heterocycles. The van der Waals surface area contributed by atoms with Crippen molar-refractivity contribution in [3.63, 3.8) is 0 Å². The lowest BCUT2D eigenvalue weighted by molar-refractivity contribution is -0.142. The minimum Gasteiger partial charge on any atom is -0.458 e. The third kappa shape index (κ3) is 5.89. The summed E-state index contributed by atoms with van der Waals surface area (Å²) >= 11 is 4.12. The Hall–Kier alpha value is -2.31. The van der Waals surface area contributed by atoms with Gasteiger partial charge in [0.25, 0.3) is 0 Å². The molecule has 0 N–H and O–H groups in total. The van der Waals surface area contributed by atoms with E-state index in [1.54, 1.807) is 12.1 Å². The fourth-order valence-corrected chi connectivity index (χ4v) is 2.48. The van der Waals surface area contributed by atoms with E-state index in [0.29, 0.717) is 17.9 Å². The molecule has 2 aromatic carbocycles. The van der Waals surface area contributed by atoms with Crippen LogP contribution in [0.3, 0.4) is 0 Å². The fourth-order valence-electron chi connectivity index (χ4n) is 2.35. The Morgan fingerprint density at radius 3 is 2.65 bits per heavy atom. The van der Waals surface area contributed by atoms with Crippen molar-refractivity contribution >= 4 is 35.3 Å². The van der Waals surface area contributed by atoms with Crippen molar-refractivity contribution in [2.24, 2.45) is 0 Å². The van der Waals surface area contributed by atoms with Crippen LogP contribution in [0, 0.1) is 0 Å². The molecule has 0 fully saturated rings. The van der Waals surface area contributed by atoms with Crippen LogP contribution in [0.15, 0.2) is 55.1 Å². The van der Waals surface area contributed by atoms with Gasteiger partial charge in [0, 0.05) is 12.7 Å². The Balaban J connectivity index is 2.07. The summed E-state index contributed by atoms with van der Waals surface area (Å²) in [6, 6.07) is 13.0. The number of ether oxygens (including phenoxy) is 3. The highest BCUT2D eigenvalue weighted by molar-refractivity contribution is 7.80. The second-order valence-corrected chi connectivity index (χ2v) is 5.99. The Kier molecular flexibility index (Phi) is 8.18. The number of hydrogen-bond donors (Lipinski definition) is 1. The quantitative estimate of drug-likeness (QED) is 0.299. The predicted molar refractivity (Wildman–Crippen MR) is 104 cm³/mol. The third-order valence-corrected chi connectivity index (χ3v) is 3.93. The highest BCUT2D eigenvalue weighted by Crippen LogP contribution is 2.19. The van der Waals surface area contributed by atoms with E-state index in [4.69, 9.17) is 14.2 Å². The highest BCUT2D eigenvalue weighted by atomic mass is 32.1. The normalized spacial score (nSPS) is 11.7. The van der Waals surface area contributed by atoms with E-state index in [1.807, 2.05) is 30.3 Å². The van der Waals surface area contributed by atoms with Crippen LogP contribution in [0.5, 0.6) is 0 Å². The van der Waals surface area contributed by atoms with Gasteiger partial charge in [0.1, 0.15) is 6.61 Å². The summed E-state index contributed by atoms with van der Waals surface area (Å²) < 4.78 is 16.0. The van der Waals surface area contributed by atoms with E-state index in [2.05, 4.69) is 19.2 Å². The molecule has 1 unspecified atom stereocenters. The smallest absolute Gasteiger partial charge is 0.339 e. The molecular weight excluding hydrogens is 352 g/mol. The third-order valence-electron chi connectivity index (χ3n) is 3.61. The van der Waals surface area contributed by atoms with Crippen LogP contribution in [0.25, 0.3) is 10.8 Å². The first-order chi connectivity index (χ1) is 12.7. The Labute approximate surface area is 158 Å². The Morgan fingerprint density at radius 2 is 1.88 bits per heavy atom. The first kappa shape index (κ1) is 20.0. The van der Waals surface area contributed by atoms with Crippen LogP contribution in [0.2, 0.25) is 0 Å². The molecule has 6 heteroatoms. The van der Waals surface area contributed by atoms with E-state index >= 15 is 0 Å². The zero-order valence-corrected chi connectivity index (χ0v) is 15.3. The molecule has 0 bridgehead atoms. The summed E-state index contributed by atoms with van der Waals surface area (Å²) in [7, 11) is 0. The maximum atomic E-state index is 12.6. The number of esters is 2. The molecule has 2 aromatic rings. The molecule has 0 aromatic heterocycles. The van der Waals surface area contributed by atoms with Crippen LogP contribution in [0.4, 0.5) is 0 Å². The number of benzene rings is 2. The maximum absolute atomic E-state index is 12.6. The van der Waals surface area contributed by atoms with Crippen LogP contribution < -0.4 is 0 Å². The van der Waals surface area contributed by atoms with Crippen molar-refractivity contribution in [1.82, 2.24) is 0 Å². The second kappa shape index (κ2) is 10.6. The van der Waals surface area contributed by atoms with Gasteiger partial charge in [-0.1, -0.05) is 43.0 Å². The van der Waals surface area contributed by atoms with E-state index in [-0.39, 0.29) is 13.2 Å². The molecule has 0 aliphatic heterocycles. The summed E-state index contributed by atoms with van der Waals surface area (Å²) in [5.41, 5.74) is 0.457. The first-order valence-electron chi connectivity index (χ1n) is 8.32. The molecule has 138 valence electrons. The first-order valence-corrected chi connectivity index (χ1v) is 8.95. The van der Waals surface area contributed by atoms with Crippen molar-refractivity contribution in [2.75, 3.05) is 25.6 Å². The zero-order chi connectivity index (χ0) is 18.8. The van der Waals surface area contributed by atoms with E-state index in [1.165, 1.54) is 0 Å². The molecule has 0 radical (unpaired) electrons. The van der Waals surface area contributed by atoms with Crippen molar-refractivity contribution in [2.45, 2.75) is 12.5 Å². The van der Waals surface area contributed by atoms with Gasteiger partial charge < -0.3 is 14.2 Å². The van der Waals surface area contributed by atoms with Crippen molar-refractivity contribution < 1.29 is 23.8 Å². The van der Waals surface area contributed by atoms with Crippen LogP contribution in [-0.4, -0.2) is 43.6 Å². The van der Waals surface area contributed by atoms with Gasteiger partial charge in [0.2, 0.25) is 0 Å².